The van der Waals surface area contributed by atoms with Gasteiger partial charge in [-0.25, -0.2) is 0 Å². The standard InChI is InChI=1S/C14H13F3O4S/c1-3-20-12-8-10-6-4-5-7-11(10)9(2)13(12)21-22(18,19)14(15,16)17/h4-8H,3H2,1-2H3. The molecule has 0 N–H and O–H groups in total. The van der Waals surface area contributed by atoms with Crippen LogP contribution in [0.2, 0.25) is 0 Å². The van der Waals surface area contributed by atoms with Crippen molar-refractivity contribution in [3.05, 3.63) is 35.9 Å². The molecule has 0 amide bonds. The van der Waals surface area contributed by atoms with Gasteiger partial charge in [0.1, 0.15) is 0 Å². The third-order valence-corrected chi connectivity index (χ3v) is 3.95. The van der Waals surface area contributed by atoms with Crippen molar-refractivity contribution < 1.29 is 30.5 Å². The summed E-state index contributed by atoms with van der Waals surface area (Å²) in [6, 6.07) is 8.30. The minimum Gasteiger partial charge on any atom is -0.490 e. The quantitative estimate of drug-likeness (QED) is 0.631. The predicted octanol–water partition coefficient (Wildman–Crippen LogP) is 3.78. The molecule has 2 rings (SSSR count). The number of hydrogen-bond acceptors (Lipinski definition) is 4. The number of aryl methyl sites for hydroxylation is 1. The van der Waals surface area contributed by atoms with E-state index in [1.54, 1.807) is 31.2 Å². The van der Waals surface area contributed by atoms with Crippen LogP contribution in [0.5, 0.6) is 11.5 Å². The van der Waals surface area contributed by atoms with Crippen LogP contribution in [-0.4, -0.2) is 20.5 Å². The molecular formula is C14H13F3O4S. The third-order valence-electron chi connectivity index (χ3n) is 2.99. The van der Waals surface area contributed by atoms with Crippen molar-refractivity contribution >= 4 is 20.9 Å². The van der Waals surface area contributed by atoms with Gasteiger partial charge in [-0.15, -0.1) is 0 Å². The minimum absolute atomic E-state index is 0.0495. The second-order valence-electron chi connectivity index (χ2n) is 4.47. The van der Waals surface area contributed by atoms with Gasteiger partial charge < -0.3 is 8.92 Å². The first kappa shape index (κ1) is 16.4. The molecule has 0 aliphatic carbocycles. The van der Waals surface area contributed by atoms with Gasteiger partial charge in [0.15, 0.2) is 11.5 Å². The van der Waals surface area contributed by atoms with Crippen molar-refractivity contribution in [2.75, 3.05) is 6.61 Å². The van der Waals surface area contributed by atoms with Crippen LogP contribution in [0, 0.1) is 6.92 Å². The van der Waals surface area contributed by atoms with Gasteiger partial charge in [-0.05, 0) is 30.7 Å². The van der Waals surface area contributed by atoms with Crippen molar-refractivity contribution in [3.63, 3.8) is 0 Å². The molecule has 0 saturated heterocycles. The Morgan fingerprint density at radius 3 is 2.41 bits per heavy atom. The first-order valence-corrected chi connectivity index (χ1v) is 7.74. The Bertz CT molecular complexity index is 798. The molecule has 2 aromatic rings. The molecule has 0 aromatic heterocycles. The van der Waals surface area contributed by atoms with E-state index in [0.717, 1.165) is 0 Å². The molecule has 8 heteroatoms. The number of fused-ring (bicyclic) bond motifs is 1. The van der Waals surface area contributed by atoms with E-state index in [2.05, 4.69) is 4.18 Å². The number of hydrogen-bond donors (Lipinski definition) is 0. The number of ether oxygens (including phenoxy) is 1. The Balaban J connectivity index is 2.66. The zero-order valence-electron chi connectivity index (χ0n) is 11.8. The van der Waals surface area contributed by atoms with Crippen molar-refractivity contribution in [3.8, 4) is 11.5 Å². The van der Waals surface area contributed by atoms with Crippen molar-refractivity contribution in [2.24, 2.45) is 0 Å². The number of rotatable bonds is 4. The van der Waals surface area contributed by atoms with Gasteiger partial charge >= 0.3 is 15.6 Å². The van der Waals surface area contributed by atoms with E-state index in [-0.39, 0.29) is 17.9 Å². The monoisotopic (exact) mass is 334 g/mol. The summed E-state index contributed by atoms with van der Waals surface area (Å²) in [4.78, 5) is 0. The second-order valence-corrected chi connectivity index (χ2v) is 6.00. The molecule has 22 heavy (non-hydrogen) atoms. The van der Waals surface area contributed by atoms with Crippen molar-refractivity contribution in [2.45, 2.75) is 19.4 Å². The molecule has 0 unspecified atom stereocenters. The lowest BCUT2D eigenvalue weighted by molar-refractivity contribution is -0.0500. The van der Waals surface area contributed by atoms with Gasteiger partial charge in [0.2, 0.25) is 0 Å². The van der Waals surface area contributed by atoms with E-state index in [1.807, 2.05) is 0 Å². The summed E-state index contributed by atoms with van der Waals surface area (Å²) in [5, 5.41) is 1.29. The normalized spacial score (nSPS) is 12.4. The largest absolute Gasteiger partial charge is 0.534 e. The van der Waals surface area contributed by atoms with E-state index in [1.165, 1.54) is 13.0 Å². The first-order valence-electron chi connectivity index (χ1n) is 6.33. The molecule has 0 aliphatic heterocycles. The zero-order chi connectivity index (χ0) is 16.5. The molecule has 2 aromatic carbocycles. The molecule has 0 spiro atoms. The molecule has 0 aliphatic rings. The molecule has 0 fully saturated rings. The lowest BCUT2D eigenvalue weighted by Gasteiger charge is -2.17. The van der Waals surface area contributed by atoms with Crippen molar-refractivity contribution in [1.82, 2.24) is 0 Å². The highest BCUT2D eigenvalue weighted by Crippen LogP contribution is 2.40. The highest BCUT2D eigenvalue weighted by molar-refractivity contribution is 7.88. The van der Waals surface area contributed by atoms with Gasteiger partial charge in [-0.2, -0.15) is 21.6 Å². The Morgan fingerprint density at radius 2 is 1.82 bits per heavy atom. The first-order chi connectivity index (χ1) is 10.2. The summed E-state index contributed by atoms with van der Waals surface area (Å²) < 4.78 is 69.7. The topological polar surface area (TPSA) is 52.6 Å². The van der Waals surface area contributed by atoms with Gasteiger partial charge in [0.25, 0.3) is 0 Å². The highest BCUT2D eigenvalue weighted by Gasteiger charge is 2.49. The van der Waals surface area contributed by atoms with E-state index in [0.29, 0.717) is 10.8 Å². The number of benzene rings is 2. The number of halogens is 3. The predicted molar refractivity (Wildman–Crippen MR) is 75.5 cm³/mol. The maximum Gasteiger partial charge on any atom is 0.534 e. The summed E-state index contributed by atoms with van der Waals surface area (Å²) in [7, 11) is -5.76. The van der Waals surface area contributed by atoms with E-state index in [9.17, 15) is 21.6 Å². The third kappa shape index (κ3) is 2.96. The van der Waals surface area contributed by atoms with Gasteiger partial charge in [-0.3, -0.25) is 0 Å². The van der Waals surface area contributed by atoms with E-state index >= 15 is 0 Å². The minimum atomic E-state index is -5.76. The summed E-state index contributed by atoms with van der Waals surface area (Å²) in [6.07, 6.45) is 0. The summed E-state index contributed by atoms with van der Waals surface area (Å²) >= 11 is 0. The SMILES string of the molecule is CCOc1cc2ccccc2c(C)c1OS(=O)(=O)C(F)(F)F. The van der Waals surface area contributed by atoms with Crippen LogP contribution in [0.3, 0.4) is 0 Å². The second kappa shape index (κ2) is 5.68. The zero-order valence-corrected chi connectivity index (χ0v) is 12.6. The van der Waals surface area contributed by atoms with Crippen LogP contribution in [0.1, 0.15) is 12.5 Å². The van der Waals surface area contributed by atoms with Crippen molar-refractivity contribution in [1.29, 1.82) is 0 Å². The molecule has 0 bridgehead atoms. The summed E-state index contributed by atoms with van der Waals surface area (Å²) in [6.45, 7) is 3.26. The summed E-state index contributed by atoms with van der Waals surface area (Å²) in [5.74, 6) is -0.496. The fourth-order valence-corrected chi connectivity index (χ4v) is 2.52. The van der Waals surface area contributed by atoms with Crippen LogP contribution in [-0.2, 0) is 10.1 Å². The Hall–Kier alpha value is -1.96. The molecule has 0 atom stereocenters. The lowest BCUT2D eigenvalue weighted by Crippen LogP contribution is -2.28. The molecule has 0 radical (unpaired) electrons. The van der Waals surface area contributed by atoms with Crippen LogP contribution in [0.4, 0.5) is 13.2 Å². The van der Waals surface area contributed by atoms with Gasteiger partial charge in [0, 0.05) is 5.56 Å². The Kier molecular flexibility index (Phi) is 4.23. The van der Waals surface area contributed by atoms with Crippen LogP contribution < -0.4 is 8.92 Å². The highest BCUT2D eigenvalue weighted by atomic mass is 32.2. The smallest absolute Gasteiger partial charge is 0.490 e. The van der Waals surface area contributed by atoms with E-state index < -0.39 is 21.4 Å². The maximum atomic E-state index is 12.5. The average Bonchev–Trinajstić information content (AvgIpc) is 2.42. The number of alkyl halides is 3. The fourth-order valence-electron chi connectivity index (χ4n) is 2.00. The van der Waals surface area contributed by atoms with Crippen LogP contribution in [0.15, 0.2) is 30.3 Å². The molecular weight excluding hydrogens is 321 g/mol. The lowest BCUT2D eigenvalue weighted by atomic mass is 10.0. The Labute approximate surface area is 125 Å². The summed E-state index contributed by atoms with van der Waals surface area (Å²) in [5.41, 5.74) is -5.25. The Morgan fingerprint density at radius 1 is 1.18 bits per heavy atom. The van der Waals surface area contributed by atoms with Crippen LogP contribution >= 0.6 is 0 Å². The van der Waals surface area contributed by atoms with Crippen LogP contribution in [0.25, 0.3) is 10.8 Å². The molecule has 0 heterocycles. The average molecular weight is 334 g/mol. The molecule has 0 saturated carbocycles. The van der Waals surface area contributed by atoms with Gasteiger partial charge in [0.05, 0.1) is 6.61 Å². The van der Waals surface area contributed by atoms with E-state index in [4.69, 9.17) is 4.74 Å². The molecule has 4 nitrogen and oxygen atoms in total. The fraction of sp³-hybridized carbons (Fsp3) is 0.286. The maximum absolute atomic E-state index is 12.5. The molecule has 120 valence electrons. The van der Waals surface area contributed by atoms with Gasteiger partial charge in [-0.1, -0.05) is 24.3 Å².